The molecule has 9 rings (SSSR count). The maximum atomic E-state index is 4.46. The van der Waals surface area contributed by atoms with Crippen molar-refractivity contribution in [1.82, 2.24) is 14.5 Å². The van der Waals surface area contributed by atoms with Crippen molar-refractivity contribution < 1.29 is 0 Å². The summed E-state index contributed by atoms with van der Waals surface area (Å²) in [5.74, 6) is 0.711. The van der Waals surface area contributed by atoms with E-state index in [2.05, 4.69) is 195 Å². The van der Waals surface area contributed by atoms with E-state index in [1.54, 1.807) is 12.4 Å². The van der Waals surface area contributed by atoms with Gasteiger partial charge in [0.05, 0.1) is 11.0 Å². The van der Waals surface area contributed by atoms with Crippen molar-refractivity contribution in [3.63, 3.8) is 0 Å². The van der Waals surface area contributed by atoms with Gasteiger partial charge < -0.3 is 9.47 Å². The SMILES string of the molecule is c1ccc(-c2ccc(N(c3ccc(-c4ncccn4)cc3)c3cccc(-c4cccc(-n5c6ccccc6c6ccccc65)c4)c3)cc2)cc1. The van der Waals surface area contributed by atoms with Crippen LogP contribution in [0.2, 0.25) is 0 Å². The van der Waals surface area contributed by atoms with Gasteiger partial charge in [-0.2, -0.15) is 0 Å². The largest absolute Gasteiger partial charge is 0.310 e. The van der Waals surface area contributed by atoms with E-state index < -0.39 is 0 Å². The van der Waals surface area contributed by atoms with Gasteiger partial charge in [-0.15, -0.1) is 0 Å². The van der Waals surface area contributed by atoms with Crippen LogP contribution in [0.4, 0.5) is 17.1 Å². The summed E-state index contributed by atoms with van der Waals surface area (Å²) in [6.07, 6.45) is 3.55. The summed E-state index contributed by atoms with van der Waals surface area (Å²) >= 11 is 0. The zero-order valence-corrected chi connectivity index (χ0v) is 27.3. The number of fused-ring (bicyclic) bond motifs is 3. The first-order chi connectivity index (χ1) is 24.8. The van der Waals surface area contributed by atoms with Gasteiger partial charge in [-0.25, -0.2) is 9.97 Å². The molecule has 0 spiro atoms. The molecule has 0 radical (unpaired) electrons. The smallest absolute Gasteiger partial charge is 0.159 e. The molecular formula is C46H32N4. The number of para-hydroxylation sites is 2. The highest BCUT2D eigenvalue weighted by molar-refractivity contribution is 6.09. The molecule has 0 saturated carbocycles. The Labute approximate surface area is 291 Å². The summed E-state index contributed by atoms with van der Waals surface area (Å²) in [7, 11) is 0. The van der Waals surface area contributed by atoms with Gasteiger partial charge in [-0.05, 0) is 101 Å². The molecule has 0 saturated heterocycles. The fraction of sp³-hybridized carbons (Fsp3) is 0. The lowest BCUT2D eigenvalue weighted by atomic mass is 10.0. The van der Waals surface area contributed by atoms with Crippen LogP contribution in [0.3, 0.4) is 0 Å². The summed E-state index contributed by atoms with van der Waals surface area (Å²) in [4.78, 5) is 11.2. The number of aromatic nitrogens is 3. The minimum atomic E-state index is 0.711. The number of rotatable bonds is 7. The van der Waals surface area contributed by atoms with E-state index in [0.29, 0.717) is 5.82 Å². The van der Waals surface area contributed by atoms with Crippen LogP contribution < -0.4 is 4.90 Å². The number of hydrogen-bond acceptors (Lipinski definition) is 3. The number of benzene rings is 7. The van der Waals surface area contributed by atoms with Crippen LogP contribution in [-0.2, 0) is 0 Å². The topological polar surface area (TPSA) is 34.0 Å². The van der Waals surface area contributed by atoms with E-state index in [-0.39, 0.29) is 0 Å². The van der Waals surface area contributed by atoms with Gasteiger partial charge in [0.2, 0.25) is 0 Å². The molecule has 9 aromatic rings. The van der Waals surface area contributed by atoms with E-state index in [0.717, 1.165) is 39.4 Å². The average Bonchev–Trinajstić information content (AvgIpc) is 3.54. The van der Waals surface area contributed by atoms with Crippen LogP contribution >= 0.6 is 0 Å². The van der Waals surface area contributed by atoms with Crippen LogP contribution in [-0.4, -0.2) is 14.5 Å². The summed E-state index contributed by atoms with van der Waals surface area (Å²) in [6, 6.07) is 64.6. The Hall–Kier alpha value is -6.78. The third-order valence-electron chi connectivity index (χ3n) is 9.30. The number of nitrogens with zero attached hydrogens (tertiary/aromatic N) is 4. The van der Waals surface area contributed by atoms with Gasteiger partial charge in [-0.3, -0.25) is 0 Å². The van der Waals surface area contributed by atoms with Gasteiger partial charge in [0.1, 0.15) is 0 Å². The van der Waals surface area contributed by atoms with Gasteiger partial charge >= 0.3 is 0 Å². The molecule has 0 bridgehead atoms. The maximum Gasteiger partial charge on any atom is 0.159 e. The van der Waals surface area contributed by atoms with Crippen LogP contribution in [0.15, 0.2) is 194 Å². The Kier molecular flexibility index (Phi) is 7.45. The Morgan fingerprint density at radius 2 is 0.880 bits per heavy atom. The van der Waals surface area contributed by atoms with Gasteiger partial charge in [-0.1, -0.05) is 103 Å². The molecule has 0 unspecified atom stereocenters. The molecule has 0 aliphatic heterocycles. The van der Waals surface area contributed by atoms with Crippen molar-refractivity contribution in [2.75, 3.05) is 4.90 Å². The lowest BCUT2D eigenvalue weighted by Gasteiger charge is -2.26. The maximum absolute atomic E-state index is 4.46. The first kappa shape index (κ1) is 29.4. The van der Waals surface area contributed by atoms with E-state index in [1.807, 2.05) is 6.07 Å². The lowest BCUT2D eigenvalue weighted by molar-refractivity contribution is 1.17. The van der Waals surface area contributed by atoms with E-state index in [9.17, 15) is 0 Å². The molecular weight excluding hydrogens is 609 g/mol. The predicted octanol–water partition coefficient (Wildman–Crippen LogP) is 12.0. The quantitative estimate of drug-likeness (QED) is 0.174. The Balaban J connectivity index is 1.14. The van der Waals surface area contributed by atoms with Crippen molar-refractivity contribution in [2.24, 2.45) is 0 Å². The fourth-order valence-electron chi connectivity index (χ4n) is 6.94. The molecule has 50 heavy (non-hydrogen) atoms. The summed E-state index contributed by atoms with van der Waals surface area (Å²) in [5, 5.41) is 2.52. The van der Waals surface area contributed by atoms with Crippen LogP contribution in [0.25, 0.3) is 61.1 Å². The molecule has 4 nitrogen and oxygen atoms in total. The minimum absolute atomic E-state index is 0.711. The van der Waals surface area contributed by atoms with Crippen molar-refractivity contribution in [2.45, 2.75) is 0 Å². The van der Waals surface area contributed by atoms with E-state index in [4.69, 9.17) is 0 Å². The molecule has 0 N–H and O–H groups in total. The Bertz CT molecular complexity index is 2440. The zero-order chi connectivity index (χ0) is 33.3. The normalized spacial score (nSPS) is 11.2. The Morgan fingerprint density at radius 3 is 1.54 bits per heavy atom. The standard InChI is InChI=1S/C46H32N4/c1-2-11-33(12-3-1)34-21-25-38(26-22-34)49(39-27-23-35(24-28-39)46-47-29-10-30-48-46)40-15-8-13-36(31-40)37-14-9-16-41(32-37)50-44-19-6-4-17-42(44)43-18-5-7-20-45(43)50/h1-32H. The minimum Gasteiger partial charge on any atom is -0.310 e. The second-order valence-electron chi connectivity index (χ2n) is 12.3. The lowest BCUT2D eigenvalue weighted by Crippen LogP contribution is -2.10. The van der Waals surface area contributed by atoms with Crippen molar-refractivity contribution in [3.8, 4) is 39.3 Å². The first-order valence-corrected chi connectivity index (χ1v) is 16.8. The fourth-order valence-corrected chi connectivity index (χ4v) is 6.94. The second-order valence-corrected chi connectivity index (χ2v) is 12.3. The van der Waals surface area contributed by atoms with Crippen LogP contribution in [0, 0.1) is 0 Å². The molecule has 0 fully saturated rings. The molecule has 0 atom stereocenters. The molecule has 7 aromatic carbocycles. The van der Waals surface area contributed by atoms with Crippen molar-refractivity contribution >= 4 is 38.9 Å². The van der Waals surface area contributed by atoms with Gasteiger partial charge in [0, 0.05) is 51.5 Å². The molecule has 0 amide bonds. The first-order valence-electron chi connectivity index (χ1n) is 16.8. The van der Waals surface area contributed by atoms with Gasteiger partial charge in [0.15, 0.2) is 5.82 Å². The second kappa shape index (κ2) is 12.7. The monoisotopic (exact) mass is 640 g/mol. The highest BCUT2D eigenvalue weighted by Gasteiger charge is 2.16. The Morgan fingerprint density at radius 1 is 0.360 bits per heavy atom. The third kappa shape index (κ3) is 5.39. The van der Waals surface area contributed by atoms with Crippen LogP contribution in [0.1, 0.15) is 0 Å². The predicted molar refractivity (Wildman–Crippen MR) is 207 cm³/mol. The average molecular weight is 641 g/mol. The van der Waals surface area contributed by atoms with Gasteiger partial charge in [0.25, 0.3) is 0 Å². The highest BCUT2D eigenvalue weighted by atomic mass is 15.1. The number of hydrogen-bond donors (Lipinski definition) is 0. The molecule has 236 valence electrons. The summed E-state index contributed by atoms with van der Waals surface area (Å²) < 4.78 is 2.37. The molecule has 4 heteroatoms. The molecule has 0 aliphatic carbocycles. The highest BCUT2D eigenvalue weighted by Crippen LogP contribution is 2.39. The van der Waals surface area contributed by atoms with E-state index >= 15 is 0 Å². The molecule has 0 aliphatic rings. The van der Waals surface area contributed by atoms with Crippen LogP contribution in [0.5, 0.6) is 0 Å². The van der Waals surface area contributed by atoms with E-state index in [1.165, 1.54) is 32.9 Å². The number of anilines is 3. The summed E-state index contributed by atoms with van der Waals surface area (Å²) in [6.45, 7) is 0. The van der Waals surface area contributed by atoms with Crippen molar-refractivity contribution in [3.05, 3.63) is 194 Å². The third-order valence-corrected chi connectivity index (χ3v) is 9.30. The van der Waals surface area contributed by atoms with Crippen molar-refractivity contribution in [1.29, 1.82) is 0 Å². The molecule has 2 heterocycles. The zero-order valence-electron chi connectivity index (χ0n) is 27.3. The summed E-state index contributed by atoms with van der Waals surface area (Å²) in [5.41, 5.74) is 12.4. The molecule has 2 aromatic heterocycles.